The van der Waals surface area contributed by atoms with Gasteiger partial charge < -0.3 is 30.5 Å². The lowest BCUT2D eigenvalue weighted by molar-refractivity contribution is -0.115. The molecule has 0 aromatic heterocycles. The Bertz CT molecular complexity index is 1390. The summed E-state index contributed by atoms with van der Waals surface area (Å²) in [5.74, 6) is -1.82. The highest BCUT2D eigenvalue weighted by molar-refractivity contribution is 6.16. The number of phenols is 2. The summed E-state index contributed by atoms with van der Waals surface area (Å²) >= 11 is 0. The highest BCUT2D eigenvalue weighted by Gasteiger charge is 2.85. The van der Waals surface area contributed by atoms with Gasteiger partial charge in [0, 0.05) is 25.6 Å². The lowest BCUT2D eigenvalue weighted by Crippen LogP contribution is -2.54. The molecular weight excluding hydrogens is 462 g/mol. The number of carbonyl (C=O) groups excluding carboxylic acids is 2. The molecule has 1 saturated carbocycles. The summed E-state index contributed by atoms with van der Waals surface area (Å²) in [6, 6.07) is 5.38. The number of benzene rings is 2. The molecule has 1 spiro atoms. The topological polar surface area (TPSA) is 143 Å². The molecule has 7 rings (SSSR count). The number of aliphatic hydroxyl groups is 1. The fourth-order valence-corrected chi connectivity index (χ4v) is 7.67. The first kappa shape index (κ1) is 22.1. The van der Waals surface area contributed by atoms with Crippen LogP contribution in [-0.4, -0.2) is 51.4 Å². The third-order valence-corrected chi connectivity index (χ3v) is 9.50. The first-order valence-electron chi connectivity index (χ1n) is 12.9. The Morgan fingerprint density at radius 2 is 1.75 bits per heavy atom. The van der Waals surface area contributed by atoms with Crippen molar-refractivity contribution in [3.63, 3.8) is 0 Å². The predicted octanol–water partition coefficient (Wildman–Crippen LogP) is 3.51. The number of ketones is 1. The van der Waals surface area contributed by atoms with Crippen LogP contribution in [0.5, 0.6) is 11.5 Å². The summed E-state index contributed by atoms with van der Waals surface area (Å²) in [5, 5.41) is 34.2. The van der Waals surface area contributed by atoms with Gasteiger partial charge in [-0.1, -0.05) is 12.5 Å². The molecule has 8 nitrogen and oxygen atoms in total. The van der Waals surface area contributed by atoms with Gasteiger partial charge in [-0.2, -0.15) is 0 Å². The van der Waals surface area contributed by atoms with Gasteiger partial charge in [-0.25, -0.2) is 0 Å². The highest BCUT2D eigenvalue weighted by atomic mass is 16.6. The number of epoxide rings is 1. The SMILES string of the molecule is NC(=O)C1=C(O)CC2Cc3cc4c(C5CCOCC5)ccc(O)c4c(O)c3C(=O)C23OC13C1CCC1. The van der Waals surface area contributed by atoms with Crippen molar-refractivity contribution in [2.45, 2.75) is 62.1 Å². The number of hydrogen-bond acceptors (Lipinski definition) is 7. The molecule has 1 amide bonds. The molecule has 0 radical (unpaired) electrons. The average molecular weight is 492 g/mol. The van der Waals surface area contributed by atoms with E-state index in [0.717, 1.165) is 43.1 Å². The van der Waals surface area contributed by atoms with Crippen molar-refractivity contribution < 1.29 is 34.4 Å². The van der Waals surface area contributed by atoms with Crippen molar-refractivity contribution in [1.82, 2.24) is 0 Å². The second-order valence-corrected chi connectivity index (χ2v) is 11.1. The smallest absolute Gasteiger partial charge is 0.251 e. The van der Waals surface area contributed by atoms with Crippen molar-refractivity contribution in [2.75, 3.05) is 13.2 Å². The first-order valence-corrected chi connectivity index (χ1v) is 12.9. The zero-order valence-electron chi connectivity index (χ0n) is 19.9. The lowest BCUT2D eigenvalue weighted by Gasteiger charge is -2.41. The van der Waals surface area contributed by atoms with Crippen LogP contribution < -0.4 is 5.73 Å². The fraction of sp³-hybridized carbons (Fsp3) is 0.500. The van der Waals surface area contributed by atoms with Crippen LogP contribution in [0.1, 0.15) is 65.9 Å². The summed E-state index contributed by atoms with van der Waals surface area (Å²) in [7, 11) is 0. The normalized spacial score (nSPS) is 32.0. The van der Waals surface area contributed by atoms with E-state index in [0.29, 0.717) is 25.2 Å². The van der Waals surface area contributed by atoms with E-state index in [1.807, 2.05) is 12.1 Å². The number of rotatable bonds is 3. The van der Waals surface area contributed by atoms with Crippen molar-refractivity contribution >= 4 is 22.5 Å². The monoisotopic (exact) mass is 491 g/mol. The predicted molar refractivity (Wildman–Crippen MR) is 129 cm³/mol. The average Bonchev–Trinajstić information content (AvgIpc) is 3.48. The Labute approximate surface area is 207 Å². The number of Topliss-reactive ketones (excluding diaryl/α,β-unsaturated/α-hetero) is 1. The number of allylic oxidation sites excluding steroid dienone is 1. The number of amides is 1. The Balaban J connectivity index is 1.42. The molecule has 3 aliphatic carbocycles. The molecule has 2 aromatic carbocycles. The summed E-state index contributed by atoms with van der Waals surface area (Å²) < 4.78 is 11.9. The number of phenolic OH excluding ortho intramolecular Hbond substituents is 2. The second-order valence-electron chi connectivity index (χ2n) is 11.1. The minimum Gasteiger partial charge on any atom is -0.512 e. The van der Waals surface area contributed by atoms with E-state index in [2.05, 4.69) is 0 Å². The Hall–Kier alpha value is -3.10. The van der Waals surface area contributed by atoms with Gasteiger partial charge >= 0.3 is 0 Å². The number of fused-ring (bicyclic) bond motifs is 2. The third-order valence-electron chi connectivity index (χ3n) is 9.50. The quantitative estimate of drug-likeness (QED) is 0.481. The van der Waals surface area contributed by atoms with Crippen molar-refractivity contribution in [3.8, 4) is 11.5 Å². The minimum atomic E-state index is -1.33. The zero-order valence-corrected chi connectivity index (χ0v) is 19.9. The van der Waals surface area contributed by atoms with Crippen molar-refractivity contribution in [1.29, 1.82) is 0 Å². The van der Waals surface area contributed by atoms with E-state index in [1.54, 1.807) is 6.07 Å². The summed E-state index contributed by atoms with van der Waals surface area (Å²) in [4.78, 5) is 26.7. The molecule has 5 aliphatic rings. The lowest BCUT2D eigenvalue weighted by atomic mass is 9.56. The van der Waals surface area contributed by atoms with E-state index >= 15 is 0 Å². The zero-order chi connectivity index (χ0) is 25.0. The Kier molecular flexibility index (Phi) is 4.44. The van der Waals surface area contributed by atoms with E-state index in [1.165, 1.54) is 0 Å². The van der Waals surface area contributed by atoms with Crippen LogP contribution in [0, 0.1) is 11.8 Å². The number of aromatic hydroxyl groups is 2. The molecule has 2 heterocycles. The van der Waals surface area contributed by atoms with E-state index in [-0.39, 0.29) is 63.7 Å². The Morgan fingerprint density at radius 1 is 1.00 bits per heavy atom. The number of nitrogens with two attached hydrogens (primary N) is 1. The maximum Gasteiger partial charge on any atom is 0.251 e. The first-order chi connectivity index (χ1) is 17.3. The summed E-state index contributed by atoms with van der Waals surface area (Å²) in [5.41, 5.74) is 4.99. The minimum absolute atomic E-state index is 0.0187. The molecule has 2 aliphatic heterocycles. The molecule has 2 aromatic rings. The van der Waals surface area contributed by atoms with Crippen LogP contribution >= 0.6 is 0 Å². The molecule has 36 heavy (non-hydrogen) atoms. The van der Waals surface area contributed by atoms with Crippen LogP contribution in [0.2, 0.25) is 0 Å². The molecular formula is C28H29NO7. The van der Waals surface area contributed by atoms with E-state index in [9.17, 15) is 24.9 Å². The van der Waals surface area contributed by atoms with Crippen molar-refractivity contribution in [3.05, 3.63) is 46.2 Å². The summed E-state index contributed by atoms with van der Waals surface area (Å²) in [6.07, 6.45) is 4.70. The molecule has 5 N–H and O–H groups in total. The van der Waals surface area contributed by atoms with Crippen LogP contribution in [0.15, 0.2) is 29.5 Å². The Morgan fingerprint density at radius 3 is 2.42 bits per heavy atom. The van der Waals surface area contributed by atoms with Gasteiger partial charge in [0.2, 0.25) is 5.78 Å². The van der Waals surface area contributed by atoms with Gasteiger partial charge in [-0.3, -0.25) is 9.59 Å². The van der Waals surface area contributed by atoms with E-state index < -0.39 is 17.1 Å². The number of ether oxygens (including phenoxy) is 2. The summed E-state index contributed by atoms with van der Waals surface area (Å²) in [6.45, 7) is 1.31. The molecule has 8 heteroatoms. The third kappa shape index (κ3) is 2.51. The van der Waals surface area contributed by atoms with Gasteiger partial charge in [0.1, 0.15) is 22.9 Å². The van der Waals surface area contributed by atoms with Crippen LogP contribution in [0.3, 0.4) is 0 Å². The standard InChI is InChI=1S/C28H29NO7/c29-26(34)23-20(31)12-16-10-14-11-18-17(13-6-8-35-9-7-13)4-5-19(30)22(18)24(32)21(14)25(33)28(16)27(23,36-28)15-2-1-3-15/h4-5,11,13,15-16,30-32H,1-3,6-10,12H2,(H2,29,34). The highest BCUT2D eigenvalue weighted by Crippen LogP contribution is 2.71. The van der Waals surface area contributed by atoms with E-state index in [4.69, 9.17) is 15.2 Å². The van der Waals surface area contributed by atoms with Gasteiger partial charge in [0.25, 0.3) is 5.91 Å². The molecule has 0 bridgehead atoms. The number of hydrogen-bond donors (Lipinski definition) is 4. The van der Waals surface area contributed by atoms with Crippen LogP contribution in [0.25, 0.3) is 10.8 Å². The van der Waals surface area contributed by atoms with Crippen LogP contribution in [0.4, 0.5) is 0 Å². The maximum atomic E-state index is 14.3. The van der Waals surface area contributed by atoms with Gasteiger partial charge in [-0.15, -0.1) is 0 Å². The molecule has 3 unspecified atom stereocenters. The molecule has 3 fully saturated rings. The maximum absolute atomic E-state index is 14.3. The number of aliphatic hydroxyl groups excluding tert-OH is 1. The fourth-order valence-electron chi connectivity index (χ4n) is 7.67. The second kappa shape index (κ2) is 7.23. The van der Waals surface area contributed by atoms with Gasteiger partial charge in [0.15, 0.2) is 5.60 Å². The van der Waals surface area contributed by atoms with Crippen molar-refractivity contribution in [2.24, 2.45) is 17.6 Å². The van der Waals surface area contributed by atoms with Gasteiger partial charge in [-0.05, 0) is 72.6 Å². The molecule has 3 atom stereocenters. The van der Waals surface area contributed by atoms with Gasteiger partial charge in [0.05, 0.1) is 16.5 Å². The molecule has 2 saturated heterocycles. The number of carbonyl (C=O) groups is 2. The largest absolute Gasteiger partial charge is 0.512 e. The molecule has 188 valence electrons. The van der Waals surface area contributed by atoms with Crippen LogP contribution in [-0.2, 0) is 20.7 Å². The number of primary amides is 1.